The van der Waals surface area contributed by atoms with Crippen LogP contribution in [-0.4, -0.2) is 23.7 Å². The summed E-state index contributed by atoms with van der Waals surface area (Å²) in [7, 11) is 0. The smallest absolute Gasteiger partial charge is 0.384 e. The van der Waals surface area contributed by atoms with Gasteiger partial charge in [0.25, 0.3) is 0 Å². The van der Waals surface area contributed by atoms with Crippen molar-refractivity contribution < 1.29 is 19.4 Å². The number of carbonyl (C=O) groups excluding carboxylic acids is 1. The second-order valence-electron chi connectivity index (χ2n) is 5.23. The molecule has 0 amide bonds. The minimum Gasteiger partial charge on any atom is -0.481 e. The predicted molar refractivity (Wildman–Crippen MR) is 66.7 cm³/mol. The molecule has 0 aromatic carbocycles. The molecule has 0 saturated heterocycles. The van der Waals surface area contributed by atoms with Crippen LogP contribution in [0.4, 0.5) is 0 Å². The molecule has 0 aliphatic heterocycles. The number of aliphatic carboxylic acids is 1. The second kappa shape index (κ2) is 5.90. The summed E-state index contributed by atoms with van der Waals surface area (Å²) in [5, 5.41) is 8.94. The molecule has 0 aromatic heterocycles. The third-order valence-corrected chi connectivity index (χ3v) is 3.40. The van der Waals surface area contributed by atoms with Gasteiger partial charge in [-0.3, -0.25) is 4.79 Å². The van der Waals surface area contributed by atoms with Crippen molar-refractivity contribution in [2.75, 3.05) is 6.61 Å². The van der Waals surface area contributed by atoms with Crippen LogP contribution in [0.1, 0.15) is 40.0 Å². The van der Waals surface area contributed by atoms with Crippen LogP contribution >= 0.6 is 0 Å². The molecule has 0 spiro atoms. The molecule has 1 saturated carbocycles. The number of hydrogen-bond donors (Lipinski definition) is 1. The summed E-state index contributed by atoms with van der Waals surface area (Å²) in [6.45, 7) is 6.15. The Kier molecular flexibility index (Phi) is 4.77. The van der Waals surface area contributed by atoms with Crippen LogP contribution in [-0.2, 0) is 14.3 Å². The lowest BCUT2D eigenvalue weighted by atomic mass is 10.1. The van der Waals surface area contributed by atoms with Crippen molar-refractivity contribution in [3.05, 3.63) is 0 Å². The van der Waals surface area contributed by atoms with Gasteiger partial charge in [-0.15, -0.1) is 0 Å². The van der Waals surface area contributed by atoms with Crippen LogP contribution < -0.4 is 0 Å². The van der Waals surface area contributed by atoms with Gasteiger partial charge in [-0.25, -0.2) is 4.79 Å². The van der Waals surface area contributed by atoms with E-state index in [1.54, 1.807) is 0 Å². The van der Waals surface area contributed by atoms with Crippen molar-refractivity contribution in [1.82, 2.24) is 0 Å². The molecule has 1 N–H and O–H groups in total. The van der Waals surface area contributed by atoms with Crippen molar-refractivity contribution in [3.8, 4) is 11.8 Å². The Morgan fingerprint density at radius 3 is 2.50 bits per heavy atom. The van der Waals surface area contributed by atoms with Crippen LogP contribution in [0.5, 0.6) is 0 Å². The zero-order valence-electron chi connectivity index (χ0n) is 11.2. The number of carbonyl (C=O) groups is 2. The molecule has 0 heterocycles. The van der Waals surface area contributed by atoms with Gasteiger partial charge in [0, 0.05) is 11.8 Å². The van der Waals surface area contributed by atoms with Gasteiger partial charge in [0.15, 0.2) is 0 Å². The third kappa shape index (κ3) is 3.49. The highest BCUT2D eigenvalue weighted by molar-refractivity contribution is 5.89. The van der Waals surface area contributed by atoms with Gasteiger partial charge in [-0.05, 0) is 11.8 Å². The molecule has 4 heteroatoms. The van der Waals surface area contributed by atoms with E-state index < -0.39 is 17.9 Å². The molecule has 1 aliphatic carbocycles. The van der Waals surface area contributed by atoms with Crippen molar-refractivity contribution >= 4 is 11.9 Å². The summed E-state index contributed by atoms with van der Waals surface area (Å²) < 4.78 is 4.93. The molecule has 0 bridgehead atoms. The molecule has 100 valence electrons. The van der Waals surface area contributed by atoms with Gasteiger partial charge in [0.1, 0.15) is 0 Å². The highest BCUT2D eigenvalue weighted by atomic mass is 16.5. The van der Waals surface area contributed by atoms with Gasteiger partial charge in [0.05, 0.1) is 12.5 Å². The van der Waals surface area contributed by atoms with Crippen LogP contribution in [0.3, 0.4) is 0 Å². The molecule has 1 rings (SSSR count). The maximum atomic E-state index is 11.3. The van der Waals surface area contributed by atoms with Gasteiger partial charge in [-0.1, -0.05) is 39.5 Å². The average Bonchev–Trinajstić information content (AvgIpc) is 2.84. The maximum absolute atomic E-state index is 11.3. The number of ether oxygens (including phenoxy) is 1. The number of esters is 1. The molecule has 0 radical (unpaired) electrons. The Balaban J connectivity index is 2.38. The Morgan fingerprint density at radius 1 is 1.33 bits per heavy atom. The Morgan fingerprint density at radius 2 is 2.00 bits per heavy atom. The molecule has 0 unspecified atom stereocenters. The zero-order chi connectivity index (χ0) is 13.8. The molecular weight excluding hydrogens is 232 g/mol. The largest absolute Gasteiger partial charge is 0.481 e. The Labute approximate surface area is 108 Å². The minimum absolute atomic E-state index is 0.252. The minimum atomic E-state index is -0.851. The van der Waals surface area contributed by atoms with Gasteiger partial charge >= 0.3 is 11.9 Å². The first-order valence-corrected chi connectivity index (χ1v) is 6.32. The average molecular weight is 252 g/mol. The number of unbranched alkanes of at least 4 members (excludes halogenated alkanes) is 2. The fraction of sp³-hybridized carbons (Fsp3) is 0.714. The van der Waals surface area contributed by atoms with Crippen LogP contribution in [0.2, 0.25) is 0 Å². The van der Waals surface area contributed by atoms with E-state index in [1.165, 1.54) is 0 Å². The quantitative estimate of drug-likeness (QED) is 0.352. The van der Waals surface area contributed by atoms with E-state index in [0.717, 1.165) is 19.3 Å². The van der Waals surface area contributed by atoms with Crippen molar-refractivity contribution in [2.45, 2.75) is 40.0 Å². The lowest BCUT2D eigenvalue weighted by Gasteiger charge is -1.98. The van der Waals surface area contributed by atoms with E-state index in [0.29, 0.717) is 6.61 Å². The highest BCUT2D eigenvalue weighted by Crippen LogP contribution is 2.57. The zero-order valence-corrected chi connectivity index (χ0v) is 11.2. The molecule has 2 atom stereocenters. The normalized spacial score (nSPS) is 23.7. The summed E-state index contributed by atoms with van der Waals surface area (Å²) in [5.74, 6) is 2.97. The Bertz CT molecular complexity index is 386. The summed E-state index contributed by atoms with van der Waals surface area (Å²) >= 11 is 0. The van der Waals surface area contributed by atoms with Gasteiger partial charge in [-0.2, -0.15) is 0 Å². The van der Waals surface area contributed by atoms with Crippen LogP contribution in [0.25, 0.3) is 0 Å². The standard InChI is InChI=1S/C14H20O4/c1-4-5-6-9-18-11(15)8-7-10-12(13(16)17)14(10,2)3/h10,12H,4-6,9H2,1-3H3,(H,16,17)/t10-,12-/m0/s1. The van der Waals surface area contributed by atoms with E-state index in [1.807, 2.05) is 13.8 Å². The molecular formula is C14H20O4. The van der Waals surface area contributed by atoms with Crippen molar-refractivity contribution in [3.63, 3.8) is 0 Å². The number of carboxylic acid groups (broad SMARTS) is 1. The van der Waals surface area contributed by atoms with Gasteiger partial charge < -0.3 is 9.84 Å². The maximum Gasteiger partial charge on any atom is 0.384 e. The summed E-state index contributed by atoms with van der Waals surface area (Å²) in [5.41, 5.74) is -0.346. The van der Waals surface area contributed by atoms with E-state index in [4.69, 9.17) is 9.84 Å². The molecule has 1 aliphatic rings. The highest BCUT2D eigenvalue weighted by Gasteiger charge is 2.61. The number of carboxylic acids is 1. The van der Waals surface area contributed by atoms with E-state index >= 15 is 0 Å². The third-order valence-electron chi connectivity index (χ3n) is 3.40. The number of hydrogen-bond acceptors (Lipinski definition) is 3. The summed E-state index contributed by atoms with van der Waals surface area (Å²) in [4.78, 5) is 22.2. The van der Waals surface area contributed by atoms with Crippen LogP contribution in [0, 0.1) is 29.1 Å². The van der Waals surface area contributed by atoms with Crippen molar-refractivity contribution in [1.29, 1.82) is 0 Å². The Hall–Kier alpha value is -1.50. The first kappa shape index (κ1) is 14.6. The first-order chi connectivity index (χ1) is 8.41. The van der Waals surface area contributed by atoms with E-state index in [-0.39, 0.29) is 11.3 Å². The topological polar surface area (TPSA) is 63.6 Å². The van der Waals surface area contributed by atoms with Gasteiger partial charge in [0.2, 0.25) is 0 Å². The van der Waals surface area contributed by atoms with E-state index in [2.05, 4.69) is 18.8 Å². The SMILES string of the molecule is CCCCCOC(=O)C#C[C@H]1[C@@H](C(=O)O)C1(C)C. The van der Waals surface area contributed by atoms with E-state index in [9.17, 15) is 9.59 Å². The van der Waals surface area contributed by atoms with Crippen molar-refractivity contribution in [2.24, 2.45) is 17.3 Å². The first-order valence-electron chi connectivity index (χ1n) is 6.32. The molecule has 18 heavy (non-hydrogen) atoms. The fourth-order valence-electron chi connectivity index (χ4n) is 2.06. The van der Waals surface area contributed by atoms with Crippen LogP contribution in [0.15, 0.2) is 0 Å². The summed E-state index contributed by atoms with van der Waals surface area (Å²) in [6, 6.07) is 0. The molecule has 4 nitrogen and oxygen atoms in total. The fourth-order valence-corrected chi connectivity index (χ4v) is 2.06. The summed E-state index contributed by atoms with van der Waals surface area (Å²) in [6.07, 6.45) is 2.94. The lowest BCUT2D eigenvalue weighted by molar-refractivity contribution is -0.139. The molecule has 0 aromatic rings. The lowest BCUT2D eigenvalue weighted by Crippen LogP contribution is -2.03. The predicted octanol–water partition coefficient (Wildman–Crippen LogP) is 2.08. The second-order valence-corrected chi connectivity index (χ2v) is 5.23. The molecule has 1 fully saturated rings. The number of rotatable bonds is 5. The monoisotopic (exact) mass is 252 g/mol.